The number of hydrogen-bond donors (Lipinski definition) is 1. The maximum atomic E-state index is 9.93. The first kappa shape index (κ1) is 21.0. The average molecular weight is 444 g/mol. The molecule has 2 aromatic carbocycles. The Bertz CT molecular complexity index is 1350. The molecule has 0 radical (unpaired) electrons. The molecule has 0 fully saturated rings. The molecule has 1 N–H and O–H groups in total. The van der Waals surface area contributed by atoms with Crippen molar-refractivity contribution in [1.82, 2.24) is 4.57 Å². The first-order chi connectivity index (χ1) is 16.0. The van der Waals surface area contributed by atoms with E-state index in [0.717, 1.165) is 34.6 Å². The highest BCUT2D eigenvalue weighted by Crippen LogP contribution is 2.42. The molecule has 0 spiro atoms. The number of rotatable bonds is 5. The molecule has 0 saturated heterocycles. The highest BCUT2D eigenvalue weighted by molar-refractivity contribution is 5.79. The van der Waals surface area contributed by atoms with Crippen LogP contribution in [0.5, 0.6) is 23.0 Å². The normalized spacial score (nSPS) is 13.3. The molecule has 168 valence electrons. The van der Waals surface area contributed by atoms with Crippen molar-refractivity contribution in [2.45, 2.75) is 26.8 Å². The standard InChI is InChI=1S/C26H25N3O4/c1-15(2)13-31-22-5-4-16(8-23(22)30-3)18-10-21-19-11-25-24(32-14-33-25)9-17(19)6-7-29(21)26(28)20(18)12-27/h4-5,8-11,15,28H,6-7,13-14H2,1-3H3. The van der Waals surface area contributed by atoms with Gasteiger partial charge in [0.05, 0.1) is 19.4 Å². The van der Waals surface area contributed by atoms with Gasteiger partial charge in [-0.3, -0.25) is 5.41 Å². The molecule has 0 saturated carbocycles. The molecule has 0 unspecified atom stereocenters. The number of ether oxygens (including phenoxy) is 4. The summed E-state index contributed by atoms with van der Waals surface area (Å²) in [6.07, 6.45) is 0.759. The van der Waals surface area contributed by atoms with Gasteiger partial charge >= 0.3 is 0 Å². The molecule has 0 bridgehead atoms. The van der Waals surface area contributed by atoms with Crippen molar-refractivity contribution < 1.29 is 18.9 Å². The number of nitrogens with one attached hydrogen (secondary N) is 1. The summed E-state index contributed by atoms with van der Waals surface area (Å²) < 4.78 is 24.5. The van der Waals surface area contributed by atoms with Gasteiger partial charge in [-0.15, -0.1) is 0 Å². The lowest BCUT2D eigenvalue weighted by Gasteiger charge is -2.25. The third-order valence-electron chi connectivity index (χ3n) is 5.99. The van der Waals surface area contributed by atoms with E-state index < -0.39 is 0 Å². The summed E-state index contributed by atoms with van der Waals surface area (Å²) in [6.45, 7) is 5.60. The van der Waals surface area contributed by atoms with Crippen molar-refractivity contribution >= 4 is 0 Å². The van der Waals surface area contributed by atoms with Gasteiger partial charge in [0, 0.05) is 17.7 Å². The van der Waals surface area contributed by atoms with Crippen LogP contribution in [0.1, 0.15) is 25.0 Å². The fourth-order valence-electron chi connectivity index (χ4n) is 4.34. The maximum Gasteiger partial charge on any atom is 0.231 e. The molecule has 3 heterocycles. The Morgan fingerprint density at radius 1 is 1.09 bits per heavy atom. The van der Waals surface area contributed by atoms with Gasteiger partial charge in [0.2, 0.25) is 6.79 Å². The van der Waals surface area contributed by atoms with Gasteiger partial charge in [0.25, 0.3) is 0 Å². The molecule has 1 aromatic heterocycles. The second-order valence-corrected chi connectivity index (χ2v) is 8.61. The van der Waals surface area contributed by atoms with E-state index in [1.807, 2.05) is 41.0 Å². The monoisotopic (exact) mass is 443 g/mol. The van der Waals surface area contributed by atoms with Crippen LogP contribution in [0.2, 0.25) is 0 Å². The third kappa shape index (κ3) is 3.58. The number of methoxy groups -OCH3 is 1. The minimum atomic E-state index is 0.201. The predicted octanol–water partition coefficient (Wildman–Crippen LogP) is 4.50. The van der Waals surface area contributed by atoms with Gasteiger partial charge in [0.15, 0.2) is 23.0 Å². The van der Waals surface area contributed by atoms with Gasteiger partial charge < -0.3 is 23.5 Å². The van der Waals surface area contributed by atoms with E-state index in [0.29, 0.717) is 47.4 Å². The minimum absolute atomic E-state index is 0.201. The van der Waals surface area contributed by atoms with Gasteiger partial charge in [-0.2, -0.15) is 5.26 Å². The van der Waals surface area contributed by atoms with E-state index in [2.05, 4.69) is 19.9 Å². The molecular formula is C26H25N3O4. The number of fused-ring (bicyclic) bond motifs is 4. The van der Waals surface area contributed by atoms with Crippen molar-refractivity contribution in [2.75, 3.05) is 20.5 Å². The van der Waals surface area contributed by atoms with Gasteiger partial charge in [-0.1, -0.05) is 19.9 Å². The summed E-state index contributed by atoms with van der Waals surface area (Å²) in [5.41, 5.74) is 5.04. The van der Waals surface area contributed by atoms with Crippen LogP contribution in [-0.4, -0.2) is 25.1 Å². The molecule has 2 aliphatic rings. The number of aryl methyl sites for hydroxylation is 1. The lowest BCUT2D eigenvalue weighted by atomic mass is 9.92. The van der Waals surface area contributed by atoms with E-state index in [1.54, 1.807) is 7.11 Å². The van der Waals surface area contributed by atoms with E-state index in [4.69, 9.17) is 24.4 Å². The Balaban J connectivity index is 1.66. The maximum absolute atomic E-state index is 9.93. The molecule has 7 nitrogen and oxygen atoms in total. The largest absolute Gasteiger partial charge is 0.493 e. The Labute approximate surface area is 192 Å². The average Bonchev–Trinajstić information content (AvgIpc) is 3.28. The van der Waals surface area contributed by atoms with E-state index in [1.165, 1.54) is 0 Å². The lowest BCUT2D eigenvalue weighted by molar-refractivity contribution is 0.174. The minimum Gasteiger partial charge on any atom is -0.493 e. The number of hydrogen-bond acceptors (Lipinski definition) is 6. The topological polar surface area (TPSA) is 89.5 Å². The Kier molecular flexibility index (Phi) is 5.21. The van der Waals surface area contributed by atoms with Gasteiger partial charge in [-0.05, 0) is 53.8 Å². The summed E-state index contributed by atoms with van der Waals surface area (Å²) in [4.78, 5) is 0. The van der Waals surface area contributed by atoms with Crippen LogP contribution in [-0.2, 0) is 13.0 Å². The lowest BCUT2D eigenvalue weighted by Crippen LogP contribution is -2.28. The van der Waals surface area contributed by atoms with Crippen molar-refractivity contribution in [3.05, 3.63) is 53.0 Å². The number of aromatic nitrogens is 1. The summed E-state index contributed by atoms with van der Waals surface area (Å²) in [5.74, 6) is 3.10. The SMILES string of the molecule is COc1cc(-c2cc3n(c(=N)c2C#N)CCc2cc4c(cc2-3)OCO4)ccc1OCC(C)C. The van der Waals surface area contributed by atoms with Crippen molar-refractivity contribution in [3.63, 3.8) is 0 Å². The fourth-order valence-corrected chi connectivity index (χ4v) is 4.34. The predicted molar refractivity (Wildman–Crippen MR) is 123 cm³/mol. The van der Waals surface area contributed by atoms with Crippen LogP contribution in [0.15, 0.2) is 36.4 Å². The van der Waals surface area contributed by atoms with Crippen LogP contribution in [0.3, 0.4) is 0 Å². The zero-order valence-corrected chi connectivity index (χ0v) is 18.9. The Morgan fingerprint density at radius 3 is 2.61 bits per heavy atom. The van der Waals surface area contributed by atoms with Gasteiger partial charge in [0.1, 0.15) is 17.1 Å². The summed E-state index contributed by atoms with van der Waals surface area (Å²) >= 11 is 0. The molecular weight excluding hydrogens is 418 g/mol. The second kappa shape index (κ2) is 8.21. The first-order valence-corrected chi connectivity index (χ1v) is 11.0. The summed E-state index contributed by atoms with van der Waals surface area (Å²) in [7, 11) is 1.60. The molecule has 3 aromatic rings. The second-order valence-electron chi connectivity index (χ2n) is 8.61. The van der Waals surface area contributed by atoms with E-state index in [9.17, 15) is 5.26 Å². The van der Waals surface area contributed by atoms with Crippen molar-refractivity contribution in [3.8, 4) is 51.5 Å². The van der Waals surface area contributed by atoms with Crippen molar-refractivity contribution in [1.29, 1.82) is 10.7 Å². The molecule has 2 aliphatic heterocycles. The summed E-state index contributed by atoms with van der Waals surface area (Å²) in [5, 5.41) is 18.7. The molecule has 0 amide bonds. The van der Waals surface area contributed by atoms with E-state index in [-0.39, 0.29) is 12.3 Å². The molecule has 0 atom stereocenters. The Hall–Kier alpha value is -3.92. The number of pyridine rings is 1. The zero-order valence-electron chi connectivity index (χ0n) is 18.9. The molecule has 5 rings (SSSR count). The number of benzene rings is 2. The van der Waals surface area contributed by atoms with Crippen LogP contribution < -0.4 is 24.4 Å². The van der Waals surface area contributed by atoms with Crippen LogP contribution in [0.25, 0.3) is 22.4 Å². The quantitative estimate of drug-likeness (QED) is 0.627. The molecule has 33 heavy (non-hydrogen) atoms. The number of nitrogens with zero attached hydrogens (tertiary/aromatic N) is 2. The zero-order chi connectivity index (χ0) is 23.1. The van der Waals surface area contributed by atoms with Crippen LogP contribution in [0.4, 0.5) is 0 Å². The third-order valence-corrected chi connectivity index (χ3v) is 5.99. The van der Waals surface area contributed by atoms with Crippen molar-refractivity contribution in [2.24, 2.45) is 5.92 Å². The molecule has 7 heteroatoms. The molecule has 0 aliphatic carbocycles. The van der Waals surface area contributed by atoms with Crippen LogP contribution >= 0.6 is 0 Å². The first-order valence-electron chi connectivity index (χ1n) is 11.0. The fraction of sp³-hybridized carbons (Fsp3) is 0.308. The van der Waals surface area contributed by atoms with Gasteiger partial charge in [-0.25, -0.2) is 0 Å². The number of nitriles is 1. The van der Waals surface area contributed by atoms with E-state index >= 15 is 0 Å². The Morgan fingerprint density at radius 2 is 1.88 bits per heavy atom. The highest BCUT2D eigenvalue weighted by Gasteiger charge is 2.25. The summed E-state index contributed by atoms with van der Waals surface area (Å²) in [6, 6.07) is 13.9. The highest BCUT2D eigenvalue weighted by atomic mass is 16.7. The van der Waals surface area contributed by atoms with Crippen LogP contribution in [0, 0.1) is 22.7 Å². The smallest absolute Gasteiger partial charge is 0.231 e.